The van der Waals surface area contributed by atoms with Gasteiger partial charge in [0.1, 0.15) is 42.2 Å². The van der Waals surface area contributed by atoms with Gasteiger partial charge in [0, 0.05) is 6.42 Å². The Morgan fingerprint density at radius 3 is 1.83 bits per heavy atom. The van der Waals surface area contributed by atoms with Crippen LogP contribution in [0.2, 0.25) is 0 Å². The zero-order chi connectivity index (χ0) is 26.4. The van der Waals surface area contributed by atoms with Gasteiger partial charge in [-0.25, -0.2) is 0 Å². The molecule has 0 radical (unpaired) electrons. The third-order valence-corrected chi connectivity index (χ3v) is 6.52. The lowest BCUT2D eigenvalue weighted by Gasteiger charge is -2.40. The van der Waals surface area contributed by atoms with E-state index in [9.17, 15) is 51.1 Å². The molecule has 0 spiro atoms. The fourth-order valence-corrected chi connectivity index (χ4v) is 4.44. The predicted octanol–water partition coefficient (Wildman–Crippen LogP) is -1.96. The zero-order valence-corrected chi connectivity index (χ0v) is 18.7. The summed E-state index contributed by atoms with van der Waals surface area (Å²) in [5, 5.41) is 101. The minimum Gasteiger partial charge on any atom is -0.504 e. The molecule has 0 unspecified atom stereocenters. The summed E-state index contributed by atoms with van der Waals surface area (Å²) in [5.41, 5.74) is -2.19. The Labute approximate surface area is 204 Å². The maximum atomic E-state index is 11.9. The van der Waals surface area contributed by atoms with Gasteiger partial charge < -0.3 is 65.3 Å². The van der Waals surface area contributed by atoms with Crippen LogP contribution in [0.15, 0.2) is 36.4 Å². The number of aromatic hydroxyl groups is 4. The summed E-state index contributed by atoms with van der Waals surface area (Å²) >= 11 is 0. The highest BCUT2D eigenvalue weighted by molar-refractivity contribution is 5.50. The molecule has 13 nitrogen and oxygen atoms in total. The van der Waals surface area contributed by atoms with E-state index in [4.69, 9.17) is 14.2 Å². The number of ether oxygens (including phenoxy) is 3. The fraction of sp³-hybridized carbons (Fsp3) is 0.478. The summed E-state index contributed by atoms with van der Waals surface area (Å²) in [6.45, 7) is -0.689. The van der Waals surface area contributed by atoms with E-state index in [1.54, 1.807) is 0 Å². The molecule has 0 saturated carbocycles. The molecule has 198 valence electrons. The van der Waals surface area contributed by atoms with E-state index < -0.39 is 84.4 Å². The summed E-state index contributed by atoms with van der Waals surface area (Å²) in [6, 6.07) is 6.90. The fourth-order valence-electron chi connectivity index (χ4n) is 4.44. The number of phenolic OH excluding ortho intramolecular Hbond substituents is 4. The number of hydrogen-bond donors (Lipinski definition) is 10. The molecule has 36 heavy (non-hydrogen) atoms. The Morgan fingerprint density at radius 2 is 1.33 bits per heavy atom. The first kappa shape index (κ1) is 26.3. The number of aliphatic hydroxyl groups excluding tert-OH is 5. The Hall–Kier alpha value is -2.72. The minimum absolute atomic E-state index is 0.00594. The van der Waals surface area contributed by atoms with E-state index in [0.29, 0.717) is 0 Å². The molecule has 13 heteroatoms. The van der Waals surface area contributed by atoms with Gasteiger partial charge in [-0.2, -0.15) is 0 Å². The van der Waals surface area contributed by atoms with Crippen molar-refractivity contribution in [3.63, 3.8) is 0 Å². The third-order valence-electron chi connectivity index (χ3n) is 6.52. The second-order valence-electron chi connectivity index (χ2n) is 8.80. The Morgan fingerprint density at radius 1 is 0.778 bits per heavy atom. The lowest BCUT2D eigenvalue weighted by molar-refractivity contribution is -0.320. The summed E-state index contributed by atoms with van der Waals surface area (Å²) in [4.78, 5) is 0. The molecule has 2 aromatic rings. The van der Waals surface area contributed by atoms with Crippen LogP contribution < -0.4 is 0 Å². The van der Waals surface area contributed by atoms with Gasteiger partial charge >= 0.3 is 0 Å². The number of phenols is 4. The van der Waals surface area contributed by atoms with Gasteiger partial charge in [0.15, 0.2) is 35.6 Å². The number of rotatable bonds is 6. The molecule has 0 amide bonds. The molecule has 2 aromatic carbocycles. The van der Waals surface area contributed by atoms with Crippen LogP contribution in [-0.4, -0.2) is 107 Å². The molecule has 2 aliphatic rings. The van der Waals surface area contributed by atoms with Crippen LogP contribution in [0.25, 0.3) is 0 Å². The van der Waals surface area contributed by atoms with Gasteiger partial charge in [0.2, 0.25) is 0 Å². The highest BCUT2D eigenvalue weighted by atomic mass is 16.7. The van der Waals surface area contributed by atoms with Gasteiger partial charge in [-0.05, 0) is 35.4 Å². The van der Waals surface area contributed by atoms with Crippen molar-refractivity contribution in [3.05, 3.63) is 47.5 Å². The number of hydrogen-bond acceptors (Lipinski definition) is 13. The quantitative estimate of drug-likeness (QED) is 0.190. The minimum atomic E-state index is -2.18. The Kier molecular flexibility index (Phi) is 7.30. The van der Waals surface area contributed by atoms with Crippen LogP contribution in [0.1, 0.15) is 17.5 Å². The van der Waals surface area contributed by atoms with Gasteiger partial charge in [-0.15, -0.1) is 0 Å². The van der Waals surface area contributed by atoms with E-state index in [1.165, 1.54) is 12.1 Å². The first-order chi connectivity index (χ1) is 17.0. The lowest BCUT2D eigenvalue weighted by Crippen LogP contribution is -2.60. The van der Waals surface area contributed by atoms with Crippen molar-refractivity contribution in [1.82, 2.24) is 0 Å². The summed E-state index contributed by atoms with van der Waals surface area (Å²) in [5.74, 6) is -2.07. The van der Waals surface area contributed by atoms with E-state index in [-0.39, 0.29) is 17.5 Å². The molecule has 0 aromatic heterocycles. The van der Waals surface area contributed by atoms with E-state index >= 15 is 0 Å². The molecule has 4 rings (SSSR count). The highest BCUT2D eigenvalue weighted by Gasteiger charge is 2.52. The van der Waals surface area contributed by atoms with Crippen LogP contribution >= 0.6 is 0 Å². The normalized spacial score (nSPS) is 33.1. The van der Waals surface area contributed by atoms with Crippen LogP contribution in [0.3, 0.4) is 0 Å². The van der Waals surface area contributed by atoms with Crippen molar-refractivity contribution in [3.8, 4) is 23.0 Å². The van der Waals surface area contributed by atoms with Crippen molar-refractivity contribution in [1.29, 1.82) is 0 Å². The average molecular weight is 512 g/mol. The number of benzene rings is 2. The van der Waals surface area contributed by atoms with Crippen molar-refractivity contribution in [2.75, 3.05) is 6.61 Å². The third kappa shape index (κ3) is 4.56. The predicted molar refractivity (Wildman–Crippen MR) is 117 cm³/mol. The van der Waals surface area contributed by atoms with Crippen LogP contribution in [0.4, 0.5) is 0 Å². The lowest BCUT2D eigenvalue weighted by atomic mass is 9.80. The van der Waals surface area contributed by atoms with Crippen LogP contribution in [0, 0.1) is 0 Å². The molecular weight excluding hydrogens is 484 g/mol. The molecule has 8 atom stereocenters. The van der Waals surface area contributed by atoms with Gasteiger partial charge in [0.05, 0.1) is 6.61 Å². The monoisotopic (exact) mass is 512 g/mol. The van der Waals surface area contributed by atoms with E-state index in [0.717, 1.165) is 24.3 Å². The van der Waals surface area contributed by atoms with Gasteiger partial charge in [0.25, 0.3) is 0 Å². The molecule has 10 N–H and O–H groups in total. The largest absolute Gasteiger partial charge is 0.504 e. The van der Waals surface area contributed by atoms with Crippen molar-refractivity contribution in [2.24, 2.45) is 0 Å². The summed E-state index contributed by atoms with van der Waals surface area (Å²) in [7, 11) is 0. The zero-order valence-electron chi connectivity index (χ0n) is 18.7. The maximum absolute atomic E-state index is 11.9. The Balaban J connectivity index is 1.65. The maximum Gasteiger partial charge on any atom is 0.187 e. The average Bonchev–Trinajstić information content (AvgIpc) is 3.22. The molecule has 0 bridgehead atoms. The smallest absolute Gasteiger partial charge is 0.187 e. The second-order valence-corrected chi connectivity index (χ2v) is 8.80. The second kappa shape index (κ2) is 9.97. The first-order valence-corrected chi connectivity index (χ1v) is 11.0. The van der Waals surface area contributed by atoms with Crippen molar-refractivity contribution < 1.29 is 65.3 Å². The molecule has 2 saturated heterocycles. The Bertz CT molecular complexity index is 1020. The number of aliphatic hydroxyl groups is 6. The topological polar surface area (TPSA) is 230 Å². The molecule has 2 fully saturated rings. The summed E-state index contributed by atoms with van der Waals surface area (Å²) < 4.78 is 16.5. The van der Waals surface area contributed by atoms with E-state index in [1.807, 2.05) is 0 Å². The SMILES string of the molecule is OC[C@H]1O[C@@H](O[C@@H]2C[C@@H](C(O)(c3ccc(O)c(O)c3)c3ccc(O)c(O)c3)O[C@H]2O)[C@H](O)[C@@H](O)[C@@H]1O. The first-order valence-electron chi connectivity index (χ1n) is 11.0. The molecule has 2 aliphatic heterocycles. The van der Waals surface area contributed by atoms with Crippen molar-refractivity contribution in [2.45, 2.75) is 61.2 Å². The van der Waals surface area contributed by atoms with Gasteiger partial charge in [-0.1, -0.05) is 12.1 Å². The highest BCUT2D eigenvalue weighted by Crippen LogP contribution is 2.45. The van der Waals surface area contributed by atoms with Crippen LogP contribution in [-0.2, 0) is 19.8 Å². The standard InChI is InChI=1S/C23H28O13/c24-8-16-18(29)19(30)20(31)22(35-16)34-15-7-17(36-21(15)32)23(33,9-1-3-11(25)13(27)5-9)10-2-4-12(26)14(28)6-10/h1-6,15-22,24-33H,7-8H2/t15-,16-,17+,18-,19+,20-,21-,22-/m1/s1. The van der Waals surface area contributed by atoms with Crippen molar-refractivity contribution >= 4 is 0 Å². The molecular formula is C23H28O13. The van der Waals surface area contributed by atoms with Crippen LogP contribution in [0.5, 0.6) is 23.0 Å². The van der Waals surface area contributed by atoms with E-state index in [2.05, 4.69) is 0 Å². The molecule has 2 heterocycles. The van der Waals surface area contributed by atoms with Gasteiger partial charge in [-0.3, -0.25) is 0 Å². The molecule has 0 aliphatic carbocycles. The summed E-state index contributed by atoms with van der Waals surface area (Å²) in [6.07, 6.45) is -12.4.